The summed E-state index contributed by atoms with van der Waals surface area (Å²) in [4.78, 5) is 14.6. The maximum Gasteiger partial charge on any atom is 0.264 e. The lowest BCUT2D eigenvalue weighted by molar-refractivity contribution is 0.0709. The Morgan fingerprint density at radius 3 is 2.29 bits per heavy atom. The highest BCUT2D eigenvalue weighted by molar-refractivity contribution is 7.92. The number of benzene rings is 2. The van der Waals surface area contributed by atoms with Crippen LogP contribution in [0.4, 0.5) is 5.69 Å². The Hall–Kier alpha value is -2.09. The van der Waals surface area contributed by atoms with Gasteiger partial charge >= 0.3 is 0 Å². The summed E-state index contributed by atoms with van der Waals surface area (Å²) >= 11 is 0. The summed E-state index contributed by atoms with van der Waals surface area (Å²) in [6.45, 7) is 3.17. The van der Waals surface area contributed by atoms with Crippen LogP contribution in [0.15, 0.2) is 53.4 Å². The number of amides is 1. The van der Waals surface area contributed by atoms with Gasteiger partial charge in [0.1, 0.15) is 0 Å². The van der Waals surface area contributed by atoms with Gasteiger partial charge in [-0.1, -0.05) is 17.7 Å². The molecule has 1 aliphatic heterocycles. The van der Waals surface area contributed by atoms with Crippen LogP contribution >= 0.6 is 12.4 Å². The predicted octanol–water partition coefficient (Wildman–Crippen LogP) is 2.81. The molecule has 0 bridgehead atoms. The zero-order chi connectivity index (χ0) is 19.6. The number of hydrogen-bond donors (Lipinski definition) is 1. The van der Waals surface area contributed by atoms with Crippen molar-refractivity contribution >= 4 is 34.0 Å². The summed E-state index contributed by atoms with van der Waals surface area (Å²) in [6, 6.07) is 13.4. The SMILES string of the molecule is Cc1ccc(S(=O)(=O)N(C)c2ccc(C(=O)N3CCCC(N)C3)cc2)cc1.Cl. The molecule has 0 radical (unpaired) electrons. The van der Waals surface area contributed by atoms with Crippen molar-refractivity contribution in [2.45, 2.75) is 30.7 Å². The molecule has 28 heavy (non-hydrogen) atoms. The highest BCUT2D eigenvalue weighted by atomic mass is 35.5. The molecule has 1 atom stereocenters. The van der Waals surface area contributed by atoms with Crippen molar-refractivity contribution in [3.05, 3.63) is 59.7 Å². The second-order valence-corrected chi connectivity index (χ2v) is 8.96. The van der Waals surface area contributed by atoms with Crippen LogP contribution in [-0.4, -0.2) is 45.4 Å². The van der Waals surface area contributed by atoms with Gasteiger partial charge in [0, 0.05) is 31.7 Å². The monoisotopic (exact) mass is 423 g/mol. The van der Waals surface area contributed by atoms with Crippen molar-refractivity contribution in [2.75, 3.05) is 24.4 Å². The van der Waals surface area contributed by atoms with E-state index in [1.54, 1.807) is 53.4 Å². The van der Waals surface area contributed by atoms with Crippen molar-refractivity contribution in [3.8, 4) is 0 Å². The molecular weight excluding hydrogens is 398 g/mol. The first-order valence-electron chi connectivity index (χ1n) is 8.99. The molecule has 2 aromatic rings. The van der Waals surface area contributed by atoms with Crippen molar-refractivity contribution in [3.63, 3.8) is 0 Å². The molecule has 1 saturated heterocycles. The number of likely N-dealkylation sites (tertiary alicyclic amines) is 1. The second kappa shape index (κ2) is 8.94. The maximum absolute atomic E-state index is 12.8. The molecule has 1 amide bonds. The number of piperidine rings is 1. The van der Waals surface area contributed by atoms with E-state index in [2.05, 4.69) is 0 Å². The minimum Gasteiger partial charge on any atom is -0.337 e. The zero-order valence-electron chi connectivity index (χ0n) is 16.0. The number of carbonyl (C=O) groups is 1. The third-order valence-corrected chi connectivity index (χ3v) is 6.70. The number of carbonyl (C=O) groups excluding carboxylic acids is 1. The summed E-state index contributed by atoms with van der Waals surface area (Å²) in [5.74, 6) is -0.0688. The van der Waals surface area contributed by atoms with Crippen LogP contribution < -0.4 is 10.0 Å². The zero-order valence-corrected chi connectivity index (χ0v) is 17.7. The molecule has 1 fully saturated rings. The van der Waals surface area contributed by atoms with Gasteiger partial charge in [-0.3, -0.25) is 9.10 Å². The number of nitrogens with two attached hydrogens (primary N) is 1. The molecular formula is C20H26ClN3O3S. The standard InChI is InChI=1S/C20H25N3O3S.ClH/c1-15-5-11-19(12-6-15)27(25,26)22(2)18-9-7-16(8-10-18)20(24)23-13-3-4-17(21)14-23;/h5-12,17H,3-4,13-14,21H2,1-2H3;1H. The van der Waals surface area contributed by atoms with Gasteiger partial charge in [0.05, 0.1) is 10.6 Å². The Morgan fingerprint density at radius 1 is 1.11 bits per heavy atom. The van der Waals surface area contributed by atoms with E-state index in [4.69, 9.17) is 5.73 Å². The van der Waals surface area contributed by atoms with E-state index in [1.807, 2.05) is 6.92 Å². The number of hydrogen-bond acceptors (Lipinski definition) is 4. The molecule has 1 heterocycles. The van der Waals surface area contributed by atoms with Crippen molar-refractivity contribution in [1.82, 2.24) is 4.90 Å². The van der Waals surface area contributed by atoms with E-state index in [9.17, 15) is 13.2 Å². The third-order valence-electron chi connectivity index (χ3n) is 4.90. The lowest BCUT2D eigenvalue weighted by Crippen LogP contribution is -2.45. The molecule has 0 saturated carbocycles. The molecule has 1 aliphatic rings. The number of halogens is 1. The van der Waals surface area contributed by atoms with Crippen LogP contribution in [0.2, 0.25) is 0 Å². The van der Waals surface area contributed by atoms with Crippen LogP contribution in [0.5, 0.6) is 0 Å². The average molecular weight is 424 g/mol. The van der Waals surface area contributed by atoms with Gasteiger partial charge in [-0.15, -0.1) is 12.4 Å². The fourth-order valence-corrected chi connectivity index (χ4v) is 4.39. The predicted molar refractivity (Wildman–Crippen MR) is 114 cm³/mol. The first kappa shape index (κ1) is 22.2. The van der Waals surface area contributed by atoms with Gasteiger partial charge < -0.3 is 10.6 Å². The minimum absolute atomic E-state index is 0. The molecule has 1 unspecified atom stereocenters. The van der Waals surface area contributed by atoms with Gasteiger partial charge in [0.15, 0.2) is 0 Å². The Balaban J connectivity index is 0.00000280. The number of aryl methyl sites for hydroxylation is 1. The average Bonchev–Trinajstić information content (AvgIpc) is 2.67. The van der Waals surface area contributed by atoms with Gasteiger partial charge in [-0.05, 0) is 56.2 Å². The van der Waals surface area contributed by atoms with Crippen LogP contribution in [0.3, 0.4) is 0 Å². The molecule has 0 aliphatic carbocycles. The Kier molecular flexibility index (Phi) is 7.09. The molecule has 8 heteroatoms. The van der Waals surface area contributed by atoms with Crippen LogP contribution in [0.1, 0.15) is 28.8 Å². The Bertz CT molecular complexity index is 915. The van der Waals surface area contributed by atoms with E-state index < -0.39 is 10.0 Å². The third kappa shape index (κ3) is 4.66. The number of sulfonamides is 1. The van der Waals surface area contributed by atoms with Crippen LogP contribution in [0, 0.1) is 6.92 Å². The molecule has 6 nitrogen and oxygen atoms in total. The van der Waals surface area contributed by atoms with Gasteiger partial charge in [-0.2, -0.15) is 0 Å². The Morgan fingerprint density at radius 2 is 1.71 bits per heavy atom. The van der Waals surface area contributed by atoms with E-state index in [-0.39, 0.29) is 29.3 Å². The fourth-order valence-electron chi connectivity index (χ4n) is 3.20. The second-order valence-electron chi connectivity index (χ2n) is 6.99. The topological polar surface area (TPSA) is 83.7 Å². The number of rotatable bonds is 4. The molecule has 0 aromatic heterocycles. The molecule has 2 N–H and O–H groups in total. The lowest BCUT2D eigenvalue weighted by Gasteiger charge is -2.31. The largest absolute Gasteiger partial charge is 0.337 e. The molecule has 2 aromatic carbocycles. The van der Waals surface area contributed by atoms with Crippen molar-refractivity contribution in [2.24, 2.45) is 5.73 Å². The van der Waals surface area contributed by atoms with Crippen molar-refractivity contribution < 1.29 is 13.2 Å². The normalized spacial score (nSPS) is 17.0. The van der Waals surface area contributed by atoms with Gasteiger partial charge in [0.25, 0.3) is 15.9 Å². The van der Waals surface area contributed by atoms with Gasteiger partial charge in [-0.25, -0.2) is 8.42 Å². The van der Waals surface area contributed by atoms with Crippen molar-refractivity contribution in [1.29, 1.82) is 0 Å². The van der Waals surface area contributed by atoms with Crippen LogP contribution in [-0.2, 0) is 10.0 Å². The summed E-state index contributed by atoms with van der Waals surface area (Å²) in [5.41, 5.74) is 7.99. The summed E-state index contributed by atoms with van der Waals surface area (Å²) in [6.07, 6.45) is 1.84. The summed E-state index contributed by atoms with van der Waals surface area (Å²) in [5, 5.41) is 0. The van der Waals surface area contributed by atoms with Gasteiger partial charge in [0.2, 0.25) is 0 Å². The number of nitrogens with zero attached hydrogens (tertiary/aromatic N) is 2. The van der Waals surface area contributed by atoms with E-state index in [1.165, 1.54) is 11.4 Å². The summed E-state index contributed by atoms with van der Waals surface area (Å²) in [7, 11) is -2.14. The minimum atomic E-state index is -3.65. The smallest absolute Gasteiger partial charge is 0.264 e. The first-order chi connectivity index (χ1) is 12.8. The maximum atomic E-state index is 12.8. The first-order valence-corrected chi connectivity index (χ1v) is 10.4. The van der Waals surface area contributed by atoms with E-state index in [0.717, 1.165) is 18.4 Å². The van der Waals surface area contributed by atoms with E-state index in [0.29, 0.717) is 24.3 Å². The lowest BCUT2D eigenvalue weighted by atomic mass is 10.1. The van der Waals surface area contributed by atoms with Crippen LogP contribution in [0.25, 0.3) is 0 Å². The fraction of sp³-hybridized carbons (Fsp3) is 0.350. The molecule has 0 spiro atoms. The quantitative estimate of drug-likeness (QED) is 0.819. The molecule has 152 valence electrons. The van der Waals surface area contributed by atoms with E-state index >= 15 is 0 Å². The summed E-state index contributed by atoms with van der Waals surface area (Å²) < 4.78 is 26.8. The molecule has 3 rings (SSSR count). The Labute approximate surface area is 172 Å². The highest BCUT2D eigenvalue weighted by Crippen LogP contribution is 2.23. The number of anilines is 1. The highest BCUT2D eigenvalue weighted by Gasteiger charge is 2.24.